The molecule has 0 radical (unpaired) electrons. The molecule has 3 atom stereocenters. The molecule has 0 spiro atoms. The molecule has 0 saturated heterocycles. The molecular formula is C18H29NO. The fourth-order valence-corrected chi connectivity index (χ4v) is 3.01. The molecule has 0 amide bonds. The third kappa shape index (κ3) is 3.54. The van der Waals surface area contributed by atoms with Gasteiger partial charge in [0.25, 0.3) is 0 Å². The SMILES string of the molecule is CCC1CCC(N)C(Oc2cc(C(C)C)ccc2C)C1. The Bertz CT molecular complexity index is 441. The highest BCUT2D eigenvalue weighted by Crippen LogP contribution is 2.31. The maximum absolute atomic E-state index is 6.30. The first-order valence-corrected chi connectivity index (χ1v) is 8.04. The fraction of sp³-hybridized carbons (Fsp3) is 0.667. The second-order valence-electron chi connectivity index (χ2n) is 6.59. The summed E-state index contributed by atoms with van der Waals surface area (Å²) in [6.45, 7) is 8.82. The van der Waals surface area contributed by atoms with Crippen LogP contribution in [-0.4, -0.2) is 12.1 Å². The first-order valence-electron chi connectivity index (χ1n) is 8.04. The Balaban J connectivity index is 2.13. The van der Waals surface area contributed by atoms with Gasteiger partial charge in [0, 0.05) is 6.04 Å². The van der Waals surface area contributed by atoms with Crippen molar-refractivity contribution in [3.8, 4) is 5.75 Å². The van der Waals surface area contributed by atoms with Crippen molar-refractivity contribution in [1.29, 1.82) is 0 Å². The number of benzene rings is 1. The van der Waals surface area contributed by atoms with Crippen molar-refractivity contribution in [2.75, 3.05) is 0 Å². The molecule has 20 heavy (non-hydrogen) atoms. The van der Waals surface area contributed by atoms with Crippen molar-refractivity contribution in [3.05, 3.63) is 29.3 Å². The lowest BCUT2D eigenvalue weighted by Crippen LogP contribution is -2.43. The lowest BCUT2D eigenvalue weighted by Gasteiger charge is -2.34. The average molecular weight is 275 g/mol. The highest BCUT2D eigenvalue weighted by molar-refractivity contribution is 5.38. The van der Waals surface area contributed by atoms with Gasteiger partial charge in [-0.3, -0.25) is 0 Å². The fourth-order valence-electron chi connectivity index (χ4n) is 3.01. The van der Waals surface area contributed by atoms with Crippen LogP contribution in [0.2, 0.25) is 0 Å². The van der Waals surface area contributed by atoms with Crippen LogP contribution in [0.5, 0.6) is 5.75 Å². The van der Waals surface area contributed by atoms with Crippen LogP contribution < -0.4 is 10.5 Å². The summed E-state index contributed by atoms with van der Waals surface area (Å²) in [6, 6.07) is 6.74. The van der Waals surface area contributed by atoms with Crippen molar-refractivity contribution >= 4 is 0 Å². The van der Waals surface area contributed by atoms with Gasteiger partial charge in [0.1, 0.15) is 11.9 Å². The molecular weight excluding hydrogens is 246 g/mol. The molecule has 1 aromatic rings. The maximum atomic E-state index is 6.30. The van der Waals surface area contributed by atoms with Gasteiger partial charge in [-0.15, -0.1) is 0 Å². The molecule has 3 unspecified atom stereocenters. The largest absolute Gasteiger partial charge is 0.489 e. The Labute approximate surface area is 123 Å². The number of nitrogens with two attached hydrogens (primary N) is 1. The quantitative estimate of drug-likeness (QED) is 0.883. The summed E-state index contributed by atoms with van der Waals surface area (Å²) in [5.74, 6) is 2.32. The Morgan fingerprint density at radius 2 is 2.05 bits per heavy atom. The van der Waals surface area contributed by atoms with Gasteiger partial charge >= 0.3 is 0 Å². The molecule has 1 saturated carbocycles. The van der Waals surface area contributed by atoms with Gasteiger partial charge in [-0.25, -0.2) is 0 Å². The lowest BCUT2D eigenvalue weighted by atomic mass is 9.83. The minimum Gasteiger partial charge on any atom is -0.489 e. The molecule has 0 aromatic heterocycles. The van der Waals surface area contributed by atoms with Crippen LogP contribution in [0, 0.1) is 12.8 Å². The van der Waals surface area contributed by atoms with E-state index in [1.54, 1.807) is 0 Å². The summed E-state index contributed by atoms with van der Waals surface area (Å²) in [5, 5.41) is 0. The zero-order chi connectivity index (χ0) is 14.7. The minimum absolute atomic E-state index is 0.176. The topological polar surface area (TPSA) is 35.2 Å². The van der Waals surface area contributed by atoms with E-state index in [0.29, 0.717) is 5.92 Å². The molecule has 0 aliphatic heterocycles. The summed E-state index contributed by atoms with van der Waals surface area (Å²) in [6.07, 6.45) is 4.85. The van der Waals surface area contributed by atoms with Gasteiger partial charge in [-0.2, -0.15) is 0 Å². The van der Waals surface area contributed by atoms with Crippen LogP contribution >= 0.6 is 0 Å². The summed E-state index contributed by atoms with van der Waals surface area (Å²) >= 11 is 0. The Morgan fingerprint density at radius 3 is 2.70 bits per heavy atom. The molecule has 2 rings (SSSR count). The average Bonchev–Trinajstić information content (AvgIpc) is 2.43. The van der Waals surface area contributed by atoms with Crippen molar-refractivity contribution < 1.29 is 4.74 Å². The molecule has 1 aliphatic carbocycles. The number of ether oxygens (including phenoxy) is 1. The number of hydrogen-bond acceptors (Lipinski definition) is 2. The summed E-state index contributed by atoms with van der Waals surface area (Å²) in [7, 11) is 0. The predicted octanol–water partition coefficient (Wildman–Crippen LogP) is 4.40. The smallest absolute Gasteiger partial charge is 0.122 e. The Morgan fingerprint density at radius 1 is 1.30 bits per heavy atom. The molecule has 2 nitrogen and oxygen atoms in total. The monoisotopic (exact) mass is 275 g/mol. The summed E-state index contributed by atoms with van der Waals surface area (Å²) < 4.78 is 6.30. The molecule has 2 heteroatoms. The first-order chi connectivity index (χ1) is 9.51. The molecule has 1 aromatic carbocycles. The standard InChI is InChI=1S/C18H29NO/c1-5-14-7-9-16(19)18(10-14)20-17-11-15(12(2)3)8-6-13(17)4/h6,8,11-12,14,16,18H,5,7,9-10,19H2,1-4H3. The van der Waals surface area contributed by atoms with Crippen molar-refractivity contribution in [3.63, 3.8) is 0 Å². The highest BCUT2D eigenvalue weighted by atomic mass is 16.5. The highest BCUT2D eigenvalue weighted by Gasteiger charge is 2.29. The van der Waals surface area contributed by atoms with Gasteiger partial charge in [-0.1, -0.05) is 39.3 Å². The minimum atomic E-state index is 0.176. The van der Waals surface area contributed by atoms with E-state index in [1.807, 2.05) is 0 Å². The predicted molar refractivity (Wildman–Crippen MR) is 85.3 cm³/mol. The van der Waals surface area contributed by atoms with Crippen LogP contribution in [0.15, 0.2) is 18.2 Å². The molecule has 0 heterocycles. The van der Waals surface area contributed by atoms with E-state index in [9.17, 15) is 0 Å². The second-order valence-corrected chi connectivity index (χ2v) is 6.59. The van der Waals surface area contributed by atoms with E-state index in [4.69, 9.17) is 10.5 Å². The van der Waals surface area contributed by atoms with E-state index in [1.165, 1.54) is 24.0 Å². The van der Waals surface area contributed by atoms with E-state index >= 15 is 0 Å². The molecule has 0 bridgehead atoms. The van der Waals surface area contributed by atoms with Crippen LogP contribution in [0.3, 0.4) is 0 Å². The zero-order valence-corrected chi connectivity index (χ0v) is 13.4. The van der Waals surface area contributed by atoms with E-state index in [-0.39, 0.29) is 12.1 Å². The summed E-state index contributed by atoms with van der Waals surface area (Å²) in [4.78, 5) is 0. The number of aryl methyl sites for hydroxylation is 1. The van der Waals surface area contributed by atoms with Crippen LogP contribution in [0.4, 0.5) is 0 Å². The third-order valence-electron chi connectivity index (χ3n) is 4.69. The third-order valence-corrected chi connectivity index (χ3v) is 4.69. The Kier molecular flexibility index (Phi) is 5.09. The van der Waals surface area contributed by atoms with Crippen molar-refractivity contribution in [2.24, 2.45) is 11.7 Å². The van der Waals surface area contributed by atoms with E-state index < -0.39 is 0 Å². The number of rotatable bonds is 4. The molecule has 1 aliphatic rings. The lowest BCUT2D eigenvalue weighted by molar-refractivity contribution is 0.100. The first kappa shape index (κ1) is 15.4. The Hall–Kier alpha value is -1.02. The van der Waals surface area contributed by atoms with Crippen LogP contribution in [0.1, 0.15) is 63.5 Å². The van der Waals surface area contributed by atoms with Crippen molar-refractivity contribution in [2.45, 2.75) is 71.4 Å². The van der Waals surface area contributed by atoms with Gasteiger partial charge < -0.3 is 10.5 Å². The molecule has 2 N–H and O–H groups in total. The van der Waals surface area contributed by atoms with Crippen LogP contribution in [-0.2, 0) is 0 Å². The van der Waals surface area contributed by atoms with Crippen molar-refractivity contribution in [1.82, 2.24) is 0 Å². The summed E-state index contributed by atoms with van der Waals surface area (Å²) in [5.41, 5.74) is 8.81. The normalized spacial score (nSPS) is 26.8. The van der Waals surface area contributed by atoms with Gasteiger partial charge in [0.2, 0.25) is 0 Å². The van der Waals surface area contributed by atoms with Gasteiger partial charge in [0.15, 0.2) is 0 Å². The molecule has 112 valence electrons. The number of hydrogen-bond donors (Lipinski definition) is 1. The zero-order valence-electron chi connectivity index (χ0n) is 13.4. The van der Waals surface area contributed by atoms with Gasteiger partial charge in [0.05, 0.1) is 0 Å². The molecule has 1 fully saturated rings. The second kappa shape index (κ2) is 6.62. The van der Waals surface area contributed by atoms with E-state index in [0.717, 1.165) is 24.5 Å². The van der Waals surface area contributed by atoms with Crippen LogP contribution in [0.25, 0.3) is 0 Å². The van der Waals surface area contributed by atoms with E-state index in [2.05, 4.69) is 45.9 Å². The van der Waals surface area contributed by atoms with Gasteiger partial charge in [-0.05, 0) is 55.2 Å². The maximum Gasteiger partial charge on any atom is 0.122 e.